The Balaban J connectivity index is 1.57. The maximum Gasteiger partial charge on any atom is 0.409 e. The fourth-order valence-corrected chi connectivity index (χ4v) is 3.44. The van der Waals surface area contributed by atoms with E-state index in [0.717, 1.165) is 44.9 Å². The second-order valence-electron chi connectivity index (χ2n) is 7.10. The first kappa shape index (κ1) is 20.3. The van der Waals surface area contributed by atoms with Crippen molar-refractivity contribution in [3.8, 4) is 5.75 Å². The van der Waals surface area contributed by atoms with Crippen molar-refractivity contribution >= 4 is 12.1 Å². The zero-order valence-electron chi connectivity index (χ0n) is 15.7. The lowest BCUT2D eigenvalue weighted by Gasteiger charge is -2.35. The van der Waals surface area contributed by atoms with E-state index in [2.05, 4.69) is 6.92 Å². The molecule has 1 heterocycles. The number of ether oxygens (including phenoxy) is 2. The average Bonchev–Trinajstić information content (AvgIpc) is 2.61. The summed E-state index contributed by atoms with van der Waals surface area (Å²) in [4.78, 5) is 22.3. The van der Waals surface area contributed by atoms with Gasteiger partial charge < -0.3 is 15.2 Å². The lowest BCUT2D eigenvalue weighted by atomic mass is 9.87. The van der Waals surface area contributed by atoms with Gasteiger partial charge in [-0.25, -0.2) is 4.79 Å². The summed E-state index contributed by atoms with van der Waals surface area (Å²) >= 11 is 0. The number of carbonyl (C=O) groups excluding carboxylic acids is 2. The fourth-order valence-electron chi connectivity index (χ4n) is 3.44. The molecule has 1 aliphatic rings. The van der Waals surface area contributed by atoms with Gasteiger partial charge in [-0.2, -0.15) is 0 Å². The summed E-state index contributed by atoms with van der Waals surface area (Å²) in [6.45, 7) is 2.20. The molecule has 5 nitrogen and oxygen atoms in total. The van der Waals surface area contributed by atoms with E-state index in [0.29, 0.717) is 5.75 Å². The quantitative estimate of drug-likeness (QED) is 0.430. The van der Waals surface area contributed by atoms with E-state index in [9.17, 15) is 9.59 Å². The van der Waals surface area contributed by atoms with Crippen molar-refractivity contribution in [1.82, 2.24) is 0 Å². The largest absolute Gasteiger partial charge is 0.461 e. The number of hydrogen-bond acceptors (Lipinski definition) is 4. The number of carbonyl (C=O) groups is 2. The van der Waals surface area contributed by atoms with E-state index in [1.54, 1.807) is 12.1 Å². The molecule has 5 heteroatoms. The molecule has 1 aromatic carbocycles. The van der Waals surface area contributed by atoms with Crippen LogP contribution in [-0.2, 0) is 16.0 Å². The number of primary amides is 1. The number of benzene rings is 1. The van der Waals surface area contributed by atoms with Gasteiger partial charge in [-0.3, -0.25) is 4.79 Å². The Morgan fingerprint density at radius 1 is 1.04 bits per heavy atom. The Morgan fingerprint density at radius 3 is 2.38 bits per heavy atom. The molecule has 0 saturated carbocycles. The predicted octanol–water partition coefficient (Wildman–Crippen LogP) is 4.76. The number of hydrogen-bond donors (Lipinski definition) is 1. The lowest BCUT2D eigenvalue weighted by Crippen LogP contribution is -2.44. The van der Waals surface area contributed by atoms with Crippen molar-refractivity contribution in [3.63, 3.8) is 0 Å². The molecule has 26 heavy (non-hydrogen) atoms. The molecule has 144 valence electrons. The second-order valence-corrected chi connectivity index (χ2v) is 7.10. The van der Waals surface area contributed by atoms with Gasteiger partial charge in [0.1, 0.15) is 11.9 Å². The van der Waals surface area contributed by atoms with Gasteiger partial charge in [-0.05, 0) is 49.8 Å². The van der Waals surface area contributed by atoms with Crippen molar-refractivity contribution in [2.75, 3.05) is 0 Å². The van der Waals surface area contributed by atoms with Crippen molar-refractivity contribution in [2.24, 2.45) is 11.7 Å². The van der Waals surface area contributed by atoms with E-state index in [1.165, 1.54) is 24.8 Å². The number of rotatable bonds is 12. The topological polar surface area (TPSA) is 78.6 Å². The van der Waals surface area contributed by atoms with E-state index in [1.807, 2.05) is 12.1 Å². The third kappa shape index (κ3) is 6.70. The Kier molecular flexibility index (Phi) is 8.45. The molecule has 2 N–H and O–H groups in total. The van der Waals surface area contributed by atoms with Gasteiger partial charge in [0, 0.05) is 0 Å². The van der Waals surface area contributed by atoms with Gasteiger partial charge in [-0.15, -0.1) is 0 Å². The van der Waals surface area contributed by atoms with E-state index >= 15 is 0 Å². The van der Waals surface area contributed by atoms with Gasteiger partial charge >= 0.3 is 12.1 Å². The number of amides is 1. The summed E-state index contributed by atoms with van der Waals surface area (Å²) in [5, 5.41) is 0. The molecule has 1 aromatic rings. The Hall–Kier alpha value is -2.04. The van der Waals surface area contributed by atoms with Crippen LogP contribution in [0.4, 0.5) is 4.79 Å². The van der Waals surface area contributed by atoms with E-state index in [4.69, 9.17) is 15.2 Å². The SMILES string of the molecule is CCCCCCC1C(=O)OC1CCCCCc1ccc(OC(N)=O)cc1. The van der Waals surface area contributed by atoms with Crippen LogP contribution in [0.5, 0.6) is 5.75 Å². The minimum Gasteiger partial charge on any atom is -0.461 e. The van der Waals surface area contributed by atoms with Crippen molar-refractivity contribution in [1.29, 1.82) is 0 Å². The zero-order chi connectivity index (χ0) is 18.8. The minimum atomic E-state index is -0.793. The Bertz CT molecular complexity index is 570. The van der Waals surface area contributed by atoms with Crippen LogP contribution in [0, 0.1) is 5.92 Å². The average molecular weight is 361 g/mol. The number of esters is 1. The van der Waals surface area contributed by atoms with Crippen LogP contribution in [0.3, 0.4) is 0 Å². The van der Waals surface area contributed by atoms with E-state index in [-0.39, 0.29) is 18.0 Å². The highest BCUT2D eigenvalue weighted by molar-refractivity contribution is 5.78. The van der Waals surface area contributed by atoms with Crippen LogP contribution >= 0.6 is 0 Å². The minimum absolute atomic E-state index is 0.00441. The number of aryl methyl sites for hydroxylation is 1. The van der Waals surface area contributed by atoms with Crippen LogP contribution in [0.2, 0.25) is 0 Å². The summed E-state index contributed by atoms with van der Waals surface area (Å²) in [5.74, 6) is 0.618. The highest BCUT2D eigenvalue weighted by Crippen LogP contribution is 2.31. The Morgan fingerprint density at radius 2 is 1.73 bits per heavy atom. The first-order valence-electron chi connectivity index (χ1n) is 9.87. The smallest absolute Gasteiger partial charge is 0.409 e. The van der Waals surface area contributed by atoms with Gasteiger partial charge in [0.2, 0.25) is 0 Å². The Labute approximate surface area is 156 Å². The molecular formula is C21H31NO4. The number of unbranched alkanes of at least 4 members (excludes halogenated alkanes) is 5. The standard InChI is InChI=1S/C21H31NO4/c1-2-3-4-7-10-18-19(26-20(18)23)11-8-5-6-9-16-12-14-17(15-13-16)25-21(22)24/h12-15,18-19H,2-11H2,1H3,(H2,22,24). The number of nitrogens with two attached hydrogens (primary N) is 1. The molecule has 1 saturated heterocycles. The van der Waals surface area contributed by atoms with Gasteiger partial charge in [0.25, 0.3) is 0 Å². The molecule has 0 radical (unpaired) electrons. The number of cyclic esters (lactones) is 1. The molecule has 1 fully saturated rings. The molecule has 0 aromatic heterocycles. The van der Waals surface area contributed by atoms with Crippen molar-refractivity contribution in [3.05, 3.63) is 29.8 Å². The highest BCUT2D eigenvalue weighted by atomic mass is 16.6. The van der Waals surface area contributed by atoms with Gasteiger partial charge in [0.15, 0.2) is 0 Å². The predicted molar refractivity (Wildman–Crippen MR) is 101 cm³/mol. The summed E-state index contributed by atoms with van der Waals surface area (Å²) in [5.41, 5.74) is 6.20. The second kappa shape index (κ2) is 10.8. The molecular weight excluding hydrogens is 330 g/mol. The summed E-state index contributed by atoms with van der Waals surface area (Å²) < 4.78 is 10.1. The molecule has 0 bridgehead atoms. The molecule has 2 atom stereocenters. The van der Waals surface area contributed by atoms with Crippen LogP contribution in [0.25, 0.3) is 0 Å². The van der Waals surface area contributed by atoms with E-state index < -0.39 is 6.09 Å². The normalized spacial score (nSPS) is 18.9. The zero-order valence-corrected chi connectivity index (χ0v) is 15.7. The monoisotopic (exact) mass is 361 g/mol. The molecule has 2 rings (SSSR count). The summed E-state index contributed by atoms with van der Waals surface area (Å²) in [6, 6.07) is 7.44. The third-order valence-corrected chi connectivity index (χ3v) is 4.98. The van der Waals surface area contributed by atoms with Crippen LogP contribution in [0.1, 0.15) is 70.3 Å². The summed E-state index contributed by atoms with van der Waals surface area (Å²) in [7, 11) is 0. The van der Waals surface area contributed by atoms with Gasteiger partial charge in [0.05, 0.1) is 5.92 Å². The maximum atomic E-state index is 11.6. The molecule has 1 amide bonds. The maximum absolute atomic E-state index is 11.6. The fraction of sp³-hybridized carbons (Fsp3) is 0.619. The van der Waals surface area contributed by atoms with Crippen LogP contribution < -0.4 is 10.5 Å². The van der Waals surface area contributed by atoms with Gasteiger partial charge in [-0.1, -0.05) is 51.2 Å². The van der Waals surface area contributed by atoms with Crippen molar-refractivity contribution in [2.45, 2.75) is 77.2 Å². The molecule has 2 unspecified atom stereocenters. The summed E-state index contributed by atoms with van der Waals surface area (Å²) in [6.07, 6.45) is 10.4. The first-order chi connectivity index (χ1) is 12.6. The lowest BCUT2D eigenvalue weighted by molar-refractivity contribution is -0.186. The first-order valence-corrected chi connectivity index (χ1v) is 9.87. The molecule has 0 spiro atoms. The van der Waals surface area contributed by atoms with Crippen molar-refractivity contribution < 1.29 is 19.1 Å². The van der Waals surface area contributed by atoms with Crippen LogP contribution in [0.15, 0.2) is 24.3 Å². The molecule has 0 aliphatic carbocycles. The highest BCUT2D eigenvalue weighted by Gasteiger charge is 2.40. The third-order valence-electron chi connectivity index (χ3n) is 4.98. The van der Waals surface area contributed by atoms with Crippen LogP contribution in [-0.4, -0.2) is 18.2 Å². The molecule has 1 aliphatic heterocycles.